The average molecular weight is 304 g/mol. The van der Waals surface area contributed by atoms with Gasteiger partial charge in [0.05, 0.1) is 31.5 Å². The number of esters is 1. The van der Waals surface area contributed by atoms with Crippen LogP contribution in [0.5, 0.6) is 0 Å². The average Bonchev–Trinajstić information content (AvgIpc) is 2.74. The lowest BCUT2D eigenvalue weighted by Gasteiger charge is -2.31. The van der Waals surface area contributed by atoms with Gasteiger partial charge in [-0.2, -0.15) is 0 Å². The zero-order chi connectivity index (χ0) is 16.3. The monoisotopic (exact) mass is 304 g/mol. The van der Waals surface area contributed by atoms with Gasteiger partial charge in [-0.1, -0.05) is 0 Å². The van der Waals surface area contributed by atoms with Crippen LogP contribution in [0.2, 0.25) is 0 Å². The van der Waals surface area contributed by atoms with Crippen molar-refractivity contribution in [2.45, 2.75) is 77.2 Å². The Labute approximate surface area is 126 Å². The molecule has 0 radical (unpaired) electrons. The molecule has 3 atom stereocenters. The standard InChI is InChI=1S/C15H28O6/c1-10(12(16)13(17)18-6)20-14(2,3)8-7-11-9-19-15(4,5)21-11/h10-12,16H,7-9H2,1-6H3/t10-,11-,12+/m0/s1. The Hall–Kier alpha value is -0.690. The van der Waals surface area contributed by atoms with E-state index in [1.807, 2.05) is 27.7 Å². The van der Waals surface area contributed by atoms with Crippen molar-refractivity contribution in [3.63, 3.8) is 0 Å². The number of rotatable bonds is 7. The van der Waals surface area contributed by atoms with E-state index >= 15 is 0 Å². The minimum absolute atomic E-state index is 0.0451. The molecule has 21 heavy (non-hydrogen) atoms. The molecule has 0 aromatic carbocycles. The Morgan fingerprint density at radius 1 is 1.48 bits per heavy atom. The van der Waals surface area contributed by atoms with Gasteiger partial charge in [0.25, 0.3) is 0 Å². The van der Waals surface area contributed by atoms with Gasteiger partial charge in [0.15, 0.2) is 11.9 Å². The summed E-state index contributed by atoms with van der Waals surface area (Å²) in [4.78, 5) is 11.3. The molecule has 1 rings (SSSR count). The molecule has 0 spiro atoms. The summed E-state index contributed by atoms with van der Waals surface area (Å²) in [7, 11) is 1.24. The van der Waals surface area contributed by atoms with Gasteiger partial charge >= 0.3 is 5.97 Å². The molecule has 1 fully saturated rings. The first-order valence-corrected chi connectivity index (χ1v) is 7.32. The predicted octanol–water partition coefficient (Wildman–Crippen LogP) is 1.64. The van der Waals surface area contributed by atoms with E-state index in [1.165, 1.54) is 7.11 Å². The maximum Gasteiger partial charge on any atom is 0.337 e. The second-order valence-corrected chi connectivity index (χ2v) is 6.54. The molecule has 1 aliphatic heterocycles. The molecular formula is C15H28O6. The molecule has 1 saturated heterocycles. The first kappa shape index (κ1) is 18.4. The summed E-state index contributed by atoms with van der Waals surface area (Å²) in [6, 6.07) is 0. The molecule has 0 bridgehead atoms. The third-order valence-corrected chi connectivity index (χ3v) is 3.53. The van der Waals surface area contributed by atoms with E-state index in [2.05, 4.69) is 4.74 Å². The van der Waals surface area contributed by atoms with Crippen molar-refractivity contribution >= 4 is 5.97 Å². The highest BCUT2D eigenvalue weighted by atomic mass is 16.7. The van der Waals surface area contributed by atoms with Crippen LogP contribution in [0.1, 0.15) is 47.5 Å². The molecule has 0 aromatic rings. The number of carbonyl (C=O) groups is 1. The van der Waals surface area contributed by atoms with Gasteiger partial charge in [-0.05, 0) is 47.5 Å². The minimum atomic E-state index is -1.28. The molecule has 6 nitrogen and oxygen atoms in total. The fourth-order valence-electron chi connectivity index (χ4n) is 2.35. The number of hydrogen-bond acceptors (Lipinski definition) is 6. The van der Waals surface area contributed by atoms with Crippen LogP contribution in [0.25, 0.3) is 0 Å². The van der Waals surface area contributed by atoms with Gasteiger partial charge in [0.1, 0.15) is 0 Å². The van der Waals surface area contributed by atoms with Crippen molar-refractivity contribution in [1.29, 1.82) is 0 Å². The van der Waals surface area contributed by atoms with Crippen molar-refractivity contribution in [3.05, 3.63) is 0 Å². The Kier molecular flexibility index (Phi) is 6.16. The number of aliphatic hydroxyl groups is 1. The third-order valence-electron chi connectivity index (χ3n) is 3.53. The Morgan fingerprint density at radius 2 is 2.10 bits per heavy atom. The molecule has 1 aliphatic rings. The molecule has 0 saturated carbocycles. The third kappa shape index (κ3) is 5.90. The van der Waals surface area contributed by atoms with E-state index in [-0.39, 0.29) is 6.10 Å². The number of methoxy groups -OCH3 is 1. The van der Waals surface area contributed by atoms with Crippen molar-refractivity contribution in [3.8, 4) is 0 Å². The number of aliphatic hydroxyl groups excluding tert-OH is 1. The van der Waals surface area contributed by atoms with Crippen LogP contribution in [-0.2, 0) is 23.7 Å². The van der Waals surface area contributed by atoms with Gasteiger partial charge in [0.2, 0.25) is 0 Å². The topological polar surface area (TPSA) is 74.2 Å². The molecule has 0 aromatic heterocycles. The van der Waals surface area contributed by atoms with Crippen molar-refractivity contribution in [2.75, 3.05) is 13.7 Å². The van der Waals surface area contributed by atoms with E-state index in [0.29, 0.717) is 6.61 Å². The molecule has 124 valence electrons. The van der Waals surface area contributed by atoms with Crippen LogP contribution in [0.3, 0.4) is 0 Å². The van der Waals surface area contributed by atoms with Crippen LogP contribution < -0.4 is 0 Å². The van der Waals surface area contributed by atoms with Gasteiger partial charge in [0, 0.05) is 0 Å². The molecule has 0 amide bonds. The van der Waals surface area contributed by atoms with Crippen LogP contribution in [0.15, 0.2) is 0 Å². The Morgan fingerprint density at radius 3 is 2.57 bits per heavy atom. The number of hydrogen-bond donors (Lipinski definition) is 1. The largest absolute Gasteiger partial charge is 0.467 e. The summed E-state index contributed by atoms with van der Waals surface area (Å²) in [6.45, 7) is 9.86. The first-order valence-electron chi connectivity index (χ1n) is 7.32. The fourth-order valence-corrected chi connectivity index (χ4v) is 2.35. The summed E-state index contributed by atoms with van der Waals surface area (Å²) in [5.74, 6) is -1.21. The van der Waals surface area contributed by atoms with Crippen LogP contribution in [0.4, 0.5) is 0 Å². The molecule has 1 heterocycles. The Bertz CT molecular complexity index is 352. The molecular weight excluding hydrogens is 276 g/mol. The van der Waals surface area contributed by atoms with E-state index in [0.717, 1.165) is 12.8 Å². The van der Waals surface area contributed by atoms with E-state index in [1.54, 1.807) is 6.92 Å². The van der Waals surface area contributed by atoms with Crippen molar-refractivity contribution < 1.29 is 28.8 Å². The molecule has 0 unspecified atom stereocenters. The number of ether oxygens (including phenoxy) is 4. The lowest BCUT2D eigenvalue weighted by atomic mass is 9.99. The van der Waals surface area contributed by atoms with E-state index in [9.17, 15) is 9.90 Å². The van der Waals surface area contributed by atoms with E-state index in [4.69, 9.17) is 14.2 Å². The molecule has 1 N–H and O–H groups in total. The minimum Gasteiger partial charge on any atom is -0.467 e. The van der Waals surface area contributed by atoms with Crippen molar-refractivity contribution in [2.24, 2.45) is 0 Å². The highest BCUT2D eigenvalue weighted by Crippen LogP contribution is 2.28. The summed E-state index contributed by atoms with van der Waals surface area (Å²) < 4.78 is 21.6. The predicted molar refractivity (Wildman–Crippen MR) is 76.8 cm³/mol. The second-order valence-electron chi connectivity index (χ2n) is 6.54. The zero-order valence-corrected chi connectivity index (χ0v) is 13.8. The zero-order valence-electron chi connectivity index (χ0n) is 13.8. The SMILES string of the molecule is COC(=O)[C@H](O)[C@H](C)OC(C)(C)CC[C@H]1COC(C)(C)O1. The maximum atomic E-state index is 11.3. The quantitative estimate of drug-likeness (QED) is 0.721. The summed E-state index contributed by atoms with van der Waals surface area (Å²) >= 11 is 0. The molecule has 0 aliphatic carbocycles. The van der Waals surface area contributed by atoms with Gasteiger partial charge in [-0.15, -0.1) is 0 Å². The summed E-state index contributed by atoms with van der Waals surface area (Å²) in [5, 5.41) is 9.75. The van der Waals surface area contributed by atoms with Crippen LogP contribution in [-0.4, -0.2) is 54.5 Å². The van der Waals surface area contributed by atoms with Crippen molar-refractivity contribution in [1.82, 2.24) is 0 Å². The summed E-state index contributed by atoms with van der Waals surface area (Å²) in [6.07, 6.45) is -0.347. The molecule has 6 heteroatoms. The fraction of sp³-hybridized carbons (Fsp3) is 0.933. The highest BCUT2D eigenvalue weighted by Gasteiger charge is 2.35. The highest BCUT2D eigenvalue weighted by molar-refractivity contribution is 5.74. The maximum absolute atomic E-state index is 11.3. The van der Waals surface area contributed by atoms with Crippen LogP contribution >= 0.6 is 0 Å². The van der Waals surface area contributed by atoms with Gasteiger partial charge < -0.3 is 24.1 Å². The van der Waals surface area contributed by atoms with Gasteiger partial charge in [-0.3, -0.25) is 0 Å². The van der Waals surface area contributed by atoms with E-state index < -0.39 is 29.6 Å². The number of carbonyl (C=O) groups excluding carboxylic acids is 1. The Balaban J connectivity index is 2.41. The normalized spacial score (nSPS) is 24.6. The lowest BCUT2D eigenvalue weighted by Crippen LogP contribution is -2.41. The smallest absolute Gasteiger partial charge is 0.337 e. The second kappa shape index (κ2) is 7.05. The first-order chi connectivity index (χ1) is 9.56. The van der Waals surface area contributed by atoms with Crippen LogP contribution in [0, 0.1) is 0 Å². The van der Waals surface area contributed by atoms with Gasteiger partial charge in [-0.25, -0.2) is 4.79 Å². The summed E-state index contributed by atoms with van der Waals surface area (Å²) in [5.41, 5.74) is -0.482. The lowest BCUT2D eigenvalue weighted by molar-refractivity contribution is -0.169.